The minimum atomic E-state index is -1.23. The molecule has 1 aliphatic heterocycles. The van der Waals surface area contributed by atoms with Crippen LogP contribution in [0.3, 0.4) is 0 Å². The Labute approximate surface area is 124 Å². The highest BCUT2D eigenvalue weighted by atomic mass is 16.4. The van der Waals surface area contributed by atoms with Gasteiger partial charge in [-0.3, -0.25) is 14.5 Å². The number of carbonyl (C=O) groups is 4. The number of aliphatic carboxylic acids is 1. The van der Waals surface area contributed by atoms with E-state index < -0.39 is 35.9 Å². The zero-order valence-corrected chi connectivity index (χ0v) is 11.7. The first-order chi connectivity index (χ1) is 10.4. The number of nitrogens with one attached hydrogen (secondary N) is 3. The highest BCUT2D eigenvalue weighted by molar-refractivity contribution is 6.02. The number of H-pyrrole nitrogens is 1. The summed E-state index contributed by atoms with van der Waals surface area (Å²) in [4.78, 5) is 53.7. The maximum absolute atomic E-state index is 12.1. The summed E-state index contributed by atoms with van der Waals surface area (Å²) < 4.78 is 0. The third-order valence-corrected chi connectivity index (χ3v) is 3.27. The number of nitrogens with zero attached hydrogens (tertiary/aromatic N) is 2. The van der Waals surface area contributed by atoms with Crippen molar-refractivity contribution in [1.29, 1.82) is 0 Å². The molecule has 4 N–H and O–H groups in total. The third kappa shape index (κ3) is 3.40. The summed E-state index contributed by atoms with van der Waals surface area (Å²) in [6.07, 6.45) is 2.63. The summed E-state index contributed by atoms with van der Waals surface area (Å²) in [5, 5.41) is 13.8. The molecule has 1 fully saturated rings. The Morgan fingerprint density at radius 2 is 2.27 bits per heavy atom. The Kier molecular flexibility index (Phi) is 4.39. The van der Waals surface area contributed by atoms with Crippen molar-refractivity contribution in [2.24, 2.45) is 0 Å². The number of urea groups is 1. The minimum Gasteiger partial charge on any atom is -0.480 e. The topological polar surface area (TPSA) is 144 Å². The Bertz CT molecular complexity index is 581. The lowest BCUT2D eigenvalue weighted by atomic mass is 10.1. The zero-order chi connectivity index (χ0) is 16.3. The average Bonchev–Trinajstić information content (AvgIpc) is 2.96. The van der Waals surface area contributed by atoms with Crippen molar-refractivity contribution in [3.05, 3.63) is 18.2 Å². The maximum Gasteiger partial charge on any atom is 0.326 e. The SMILES string of the molecule is CN1C(=O)CC(C(=O)N[C@@H](Cc2cnc[nH]2)C(=O)O)NC1=O. The Balaban J connectivity index is 2.00. The van der Waals surface area contributed by atoms with Crippen molar-refractivity contribution >= 4 is 23.8 Å². The number of carboxylic acids is 1. The molecular weight excluding hydrogens is 294 g/mol. The number of carbonyl (C=O) groups excluding carboxylic acids is 3. The largest absolute Gasteiger partial charge is 0.480 e. The Hall–Kier alpha value is -2.91. The van der Waals surface area contributed by atoms with Crippen molar-refractivity contribution < 1.29 is 24.3 Å². The van der Waals surface area contributed by atoms with E-state index in [2.05, 4.69) is 20.6 Å². The number of hydrogen-bond acceptors (Lipinski definition) is 5. The van der Waals surface area contributed by atoms with Crippen LogP contribution in [-0.4, -0.2) is 62.9 Å². The van der Waals surface area contributed by atoms with Crippen molar-refractivity contribution in [3.63, 3.8) is 0 Å². The van der Waals surface area contributed by atoms with Gasteiger partial charge in [0.1, 0.15) is 12.1 Å². The molecule has 0 aromatic carbocycles. The van der Waals surface area contributed by atoms with Crippen LogP contribution in [0.15, 0.2) is 12.5 Å². The van der Waals surface area contributed by atoms with Gasteiger partial charge in [-0.25, -0.2) is 14.6 Å². The fourth-order valence-electron chi connectivity index (χ4n) is 1.97. The van der Waals surface area contributed by atoms with Gasteiger partial charge in [-0.05, 0) is 0 Å². The predicted octanol–water partition coefficient (Wildman–Crippen LogP) is -1.54. The Morgan fingerprint density at radius 3 is 2.82 bits per heavy atom. The maximum atomic E-state index is 12.1. The smallest absolute Gasteiger partial charge is 0.326 e. The molecule has 0 saturated carbocycles. The third-order valence-electron chi connectivity index (χ3n) is 3.27. The Morgan fingerprint density at radius 1 is 1.55 bits per heavy atom. The first-order valence-electron chi connectivity index (χ1n) is 6.46. The molecule has 10 nitrogen and oxygen atoms in total. The number of aromatic nitrogens is 2. The molecule has 118 valence electrons. The number of carboxylic acid groups (broad SMARTS) is 1. The molecule has 1 aromatic rings. The van der Waals surface area contributed by atoms with Crippen LogP contribution >= 0.6 is 0 Å². The fourth-order valence-corrected chi connectivity index (χ4v) is 1.97. The molecular formula is C12H15N5O5. The van der Waals surface area contributed by atoms with Crippen LogP contribution in [0.1, 0.15) is 12.1 Å². The molecule has 1 unspecified atom stereocenters. The van der Waals surface area contributed by atoms with Gasteiger partial charge in [0.05, 0.1) is 12.7 Å². The molecule has 2 atom stereocenters. The van der Waals surface area contributed by atoms with Gasteiger partial charge in [0.2, 0.25) is 11.8 Å². The average molecular weight is 309 g/mol. The second kappa shape index (κ2) is 6.24. The van der Waals surface area contributed by atoms with Gasteiger partial charge >= 0.3 is 12.0 Å². The van der Waals surface area contributed by atoms with Crippen LogP contribution < -0.4 is 10.6 Å². The molecule has 0 radical (unpaired) electrons. The van der Waals surface area contributed by atoms with E-state index in [9.17, 15) is 19.2 Å². The van der Waals surface area contributed by atoms with E-state index in [-0.39, 0.29) is 12.8 Å². The summed E-state index contributed by atoms with van der Waals surface area (Å²) >= 11 is 0. The van der Waals surface area contributed by atoms with E-state index in [1.54, 1.807) is 0 Å². The lowest BCUT2D eigenvalue weighted by molar-refractivity contribution is -0.142. The van der Waals surface area contributed by atoms with E-state index in [1.807, 2.05) is 0 Å². The highest BCUT2D eigenvalue weighted by Gasteiger charge is 2.35. The summed E-state index contributed by atoms with van der Waals surface area (Å²) in [6, 6.07) is -2.98. The van der Waals surface area contributed by atoms with Crippen molar-refractivity contribution in [2.45, 2.75) is 24.9 Å². The number of amides is 4. The van der Waals surface area contributed by atoms with Gasteiger partial charge in [0.15, 0.2) is 0 Å². The van der Waals surface area contributed by atoms with Crippen molar-refractivity contribution in [3.8, 4) is 0 Å². The number of imidazole rings is 1. The van der Waals surface area contributed by atoms with Gasteiger partial charge in [-0.1, -0.05) is 0 Å². The van der Waals surface area contributed by atoms with Gasteiger partial charge < -0.3 is 20.7 Å². The van der Waals surface area contributed by atoms with Crippen LogP contribution in [0.4, 0.5) is 4.79 Å². The van der Waals surface area contributed by atoms with E-state index >= 15 is 0 Å². The zero-order valence-electron chi connectivity index (χ0n) is 11.7. The van der Waals surface area contributed by atoms with E-state index in [1.165, 1.54) is 19.6 Å². The molecule has 10 heteroatoms. The van der Waals surface area contributed by atoms with E-state index in [4.69, 9.17) is 5.11 Å². The molecule has 1 saturated heterocycles. The van der Waals surface area contributed by atoms with Gasteiger partial charge in [-0.2, -0.15) is 0 Å². The molecule has 2 heterocycles. The van der Waals surface area contributed by atoms with Crippen LogP contribution in [0.2, 0.25) is 0 Å². The second-order valence-corrected chi connectivity index (χ2v) is 4.84. The van der Waals surface area contributed by atoms with Gasteiger partial charge in [0.25, 0.3) is 0 Å². The molecule has 1 aromatic heterocycles. The van der Waals surface area contributed by atoms with E-state index in [0.29, 0.717) is 5.69 Å². The predicted molar refractivity (Wildman–Crippen MR) is 71.6 cm³/mol. The second-order valence-electron chi connectivity index (χ2n) is 4.84. The molecule has 0 aliphatic carbocycles. The number of hydrogen-bond donors (Lipinski definition) is 4. The molecule has 0 spiro atoms. The van der Waals surface area contributed by atoms with Crippen LogP contribution in [-0.2, 0) is 20.8 Å². The quantitative estimate of drug-likeness (QED) is 0.519. The van der Waals surface area contributed by atoms with Crippen LogP contribution in [0, 0.1) is 0 Å². The standard InChI is InChI=1S/C12H15N5O5/c1-17-9(18)3-7(16-12(17)22)10(19)15-8(11(20)21)2-6-4-13-5-14-6/h4-5,7-8H,2-3H2,1H3,(H,13,14)(H,15,19)(H,16,22)(H,20,21)/t7?,8-/m0/s1. The first-order valence-corrected chi connectivity index (χ1v) is 6.46. The van der Waals surface area contributed by atoms with Crippen LogP contribution in [0.5, 0.6) is 0 Å². The minimum absolute atomic E-state index is 0.00951. The molecule has 22 heavy (non-hydrogen) atoms. The molecule has 2 rings (SSSR count). The number of imide groups is 1. The molecule has 4 amide bonds. The molecule has 0 bridgehead atoms. The lowest BCUT2D eigenvalue weighted by Crippen LogP contribution is -2.59. The van der Waals surface area contributed by atoms with Crippen molar-refractivity contribution in [2.75, 3.05) is 7.05 Å². The normalized spacial score (nSPS) is 19.5. The summed E-state index contributed by atoms with van der Waals surface area (Å²) in [5.41, 5.74) is 0.538. The summed E-state index contributed by atoms with van der Waals surface area (Å²) in [7, 11) is 1.30. The monoisotopic (exact) mass is 309 g/mol. The van der Waals surface area contributed by atoms with Gasteiger partial charge in [0, 0.05) is 25.4 Å². The summed E-state index contributed by atoms with van der Waals surface area (Å²) in [6.45, 7) is 0. The van der Waals surface area contributed by atoms with E-state index in [0.717, 1.165) is 4.90 Å². The number of rotatable bonds is 5. The number of aromatic amines is 1. The fraction of sp³-hybridized carbons (Fsp3) is 0.417. The van der Waals surface area contributed by atoms with Gasteiger partial charge in [-0.15, -0.1) is 0 Å². The summed E-state index contributed by atoms with van der Waals surface area (Å²) in [5.74, 6) is -2.46. The van der Waals surface area contributed by atoms with Crippen LogP contribution in [0.25, 0.3) is 0 Å². The first kappa shape index (κ1) is 15.5. The van der Waals surface area contributed by atoms with Crippen molar-refractivity contribution in [1.82, 2.24) is 25.5 Å². The lowest BCUT2D eigenvalue weighted by Gasteiger charge is -2.28. The highest BCUT2D eigenvalue weighted by Crippen LogP contribution is 2.07. The molecule has 1 aliphatic rings.